The number of hydrogen-bond acceptors (Lipinski definition) is 5. The summed E-state index contributed by atoms with van der Waals surface area (Å²) in [6.07, 6.45) is 0.855. The fraction of sp³-hybridized carbons (Fsp3) is 0.333. The average molecular weight is 225 g/mol. The van der Waals surface area contributed by atoms with Gasteiger partial charge >= 0.3 is 0 Å². The molecule has 0 radical (unpaired) electrons. The van der Waals surface area contributed by atoms with Crippen LogP contribution in [0.25, 0.3) is 11.4 Å². The van der Waals surface area contributed by atoms with Gasteiger partial charge in [-0.2, -0.15) is 0 Å². The van der Waals surface area contributed by atoms with Crippen molar-refractivity contribution in [3.63, 3.8) is 0 Å². The SMILES string of the molecule is Cc1nc(-c2csc(CCN)n2)cs1. The van der Waals surface area contributed by atoms with Gasteiger partial charge in [0.2, 0.25) is 0 Å². The van der Waals surface area contributed by atoms with Crippen molar-refractivity contribution in [2.24, 2.45) is 5.73 Å². The van der Waals surface area contributed by atoms with Crippen LogP contribution < -0.4 is 5.73 Å². The summed E-state index contributed by atoms with van der Waals surface area (Å²) in [5.74, 6) is 0. The molecule has 2 aromatic heterocycles. The Kier molecular flexibility index (Phi) is 2.90. The molecule has 5 heteroatoms. The molecule has 2 heterocycles. The standard InChI is InChI=1S/C9H11N3S2/c1-6-11-7(4-13-6)8-5-14-9(12-8)2-3-10/h4-5H,2-3,10H2,1H3. The average Bonchev–Trinajstić information content (AvgIpc) is 2.74. The molecule has 0 spiro atoms. The third-order valence-electron chi connectivity index (χ3n) is 1.79. The van der Waals surface area contributed by atoms with E-state index in [0.29, 0.717) is 6.54 Å². The Bertz CT molecular complexity index is 419. The summed E-state index contributed by atoms with van der Waals surface area (Å²) in [5, 5.41) is 6.25. The molecule has 0 atom stereocenters. The van der Waals surface area contributed by atoms with E-state index in [1.54, 1.807) is 22.7 Å². The van der Waals surface area contributed by atoms with Crippen molar-refractivity contribution < 1.29 is 0 Å². The van der Waals surface area contributed by atoms with Crippen LogP contribution in [0.1, 0.15) is 10.0 Å². The Hall–Kier alpha value is -0.780. The van der Waals surface area contributed by atoms with Gasteiger partial charge in [0.1, 0.15) is 11.4 Å². The molecule has 0 aliphatic rings. The minimum Gasteiger partial charge on any atom is -0.330 e. The van der Waals surface area contributed by atoms with E-state index in [4.69, 9.17) is 5.73 Å². The van der Waals surface area contributed by atoms with Crippen molar-refractivity contribution in [2.45, 2.75) is 13.3 Å². The van der Waals surface area contributed by atoms with Crippen molar-refractivity contribution >= 4 is 22.7 Å². The summed E-state index contributed by atoms with van der Waals surface area (Å²) < 4.78 is 0. The molecular formula is C9H11N3S2. The van der Waals surface area contributed by atoms with E-state index in [1.807, 2.05) is 17.7 Å². The topological polar surface area (TPSA) is 51.8 Å². The highest BCUT2D eigenvalue weighted by molar-refractivity contribution is 7.10. The van der Waals surface area contributed by atoms with Gasteiger partial charge in [0.15, 0.2) is 0 Å². The summed E-state index contributed by atoms with van der Waals surface area (Å²) in [7, 11) is 0. The van der Waals surface area contributed by atoms with E-state index < -0.39 is 0 Å². The third kappa shape index (κ3) is 2.00. The summed E-state index contributed by atoms with van der Waals surface area (Å²) in [4.78, 5) is 8.85. The molecule has 2 aromatic rings. The Morgan fingerprint density at radius 3 is 2.57 bits per heavy atom. The first-order valence-electron chi connectivity index (χ1n) is 4.36. The lowest BCUT2D eigenvalue weighted by Crippen LogP contribution is -2.01. The lowest BCUT2D eigenvalue weighted by atomic mass is 10.4. The van der Waals surface area contributed by atoms with E-state index in [1.165, 1.54) is 0 Å². The molecule has 0 saturated heterocycles. The lowest BCUT2D eigenvalue weighted by molar-refractivity contribution is 0.953. The number of nitrogens with zero attached hydrogens (tertiary/aromatic N) is 2. The Morgan fingerprint density at radius 2 is 1.93 bits per heavy atom. The maximum Gasteiger partial charge on any atom is 0.101 e. The number of rotatable bonds is 3. The van der Waals surface area contributed by atoms with Gasteiger partial charge in [0.25, 0.3) is 0 Å². The Balaban J connectivity index is 2.24. The molecule has 14 heavy (non-hydrogen) atoms. The molecule has 0 bridgehead atoms. The second-order valence-electron chi connectivity index (χ2n) is 2.92. The summed E-state index contributed by atoms with van der Waals surface area (Å²) >= 11 is 3.30. The minimum absolute atomic E-state index is 0.656. The maximum absolute atomic E-state index is 5.47. The molecular weight excluding hydrogens is 214 g/mol. The smallest absolute Gasteiger partial charge is 0.101 e. The van der Waals surface area contributed by atoms with Gasteiger partial charge in [0, 0.05) is 17.2 Å². The zero-order valence-corrected chi connectivity index (χ0v) is 9.49. The van der Waals surface area contributed by atoms with E-state index >= 15 is 0 Å². The van der Waals surface area contributed by atoms with Crippen LogP contribution >= 0.6 is 22.7 Å². The van der Waals surface area contributed by atoms with Crippen LogP contribution in [0, 0.1) is 6.92 Å². The molecule has 2 N–H and O–H groups in total. The predicted octanol–water partition coefficient (Wildman–Crippen LogP) is 2.08. The van der Waals surface area contributed by atoms with Gasteiger partial charge in [-0.25, -0.2) is 9.97 Å². The number of aromatic nitrogens is 2. The molecule has 2 rings (SSSR count). The van der Waals surface area contributed by atoms with Crippen LogP contribution in [-0.4, -0.2) is 16.5 Å². The highest BCUT2D eigenvalue weighted by Crippen LogP contribution is 2.23. The normalized spacial score (nSPS) is 10.7. The van der Waals surface area contributed by atoms with Crippen LogP contribution in [0.15, 0.2) is 10.8 Å². The minimum atomic E-state index is 0.656. The molecule has 0 aliphatic carbocycles. The van der Waals surface area contributed by atoms with Crippen LogP contribution in [0.3, 0.4) is 0 Å². The predicted molar refractivity (Wildman–Crippen MR) is 60.7 cm³/mol. The van der Waals surface area contributed by atoms with Crippen molar-refractivity contribution in [2.75, 3.05) is 6.54 Å². The van der Waals surface area contributed by atoms with Crippen molar-refractivity contribution in [3.05, 3.63) is 20.8 Å². The first kappa shape index (κ1) is 9.76. The molecule has 74 valence electrons. The molecule has 0 aliphatic heterocycles. The zero-order valence-electron chi connectivity index (χ0n) is 7.86. The Labute approximate surface area is 90.6 Å². The molecule has 0 fully saturated rings. The first-order valence-corrected chi connectivity index (χ1v) is 6.12. The summed E-state index contributed by atoms with van der Waals surface area (Å²) in [6.45, 7) is 2.66. The third-order valence-corrected chi connectivity index (χ3v) is 3.47. The van der Waals surface area contributed by atoms with E-state index in [0.717, 1.165) is 27.8 Å². The number of nitrogens with two attached hydrogens (primary N) is 1. The highest BCUT2D eigenvalue weighted by Gasteiger charge is 2.06. The fourth-order valence-corrected chi connectivity index (χ4v) is 2.56. The summed E-state index contributed by atoms with van der Waals surface area (Å²) in [5.41, 5.74) is 7.42. The largest absolute Gasteiger partial charge is 0.330 e. The maximum atomic E-state index is 5.47. The highest BCUT2D eigenvalue weighted by atomic mass is 32.1. The van der Waals surface area contributed by atoms with E-state index in [2.05, 4.69) is 9.97 Å². The summed E-state index contributed by atoms with van der Waals surface area (Å²) in [6, 6.07) is 0. The van der Waals surface area contributed by atoms with E-state index in [9.17, 15) is 0 Å². The second kappa shape index (κ2) is 4.16. The van der Waals surface area contributed by atoms with Crippen molar-refractivity contribution in [1.82, 2.24) is 9.97 Å². The Morgan fingerprint density at radius 1 is 1.21 bits per heavy atom. The van der Waals surface area contributed by atoms with Crippen molar-refractivity contribution in [3.8, 4) is 11.4 Å². The molecule has 0 aromatic carbocycles. The van der Waals surface area contributed by atoms with Gasteiger partial charge in [-0.3, -0.25) is 0 Å². The van der Waals surface area contributed by atoms with Crippen LogP contribution in [0.4, 0.5) is 0 Å². The number of hydrogen-bond donors (Lipinski definition) is 1. The van der Waals surface area contributed by atoms with Crippen LogP contribution in [-0.2, 0) is 6.42 Å². The fourth-order valence-electron chi connectivity index (χ4n) is 1.15. The van der Waals surface area contributed by atoms with E-state index in [-0.39, 0.29) is 0 Å². The quantitative estimate of drug-likeness (QED) is 0.870. The zero-order chi connectivity index (χ0) is 9.97. The van der Waals surface area contributed by atoms with Crippen LogP contribution in [0.2, 0.25) is 0 Å². The molecule has 3 nitrogen and oxygen atoms in total. The number of thiazole rings is 2. The second-order valence-corrected chi connectivity index (χ2v) is 4.92. The van der Waals surface area contributed by atoms with Gasteiger partial charge in [-0.15, -0.1) is 22.7 Å². The number of aryl methyl sites for hydroxylation is 1. The van der Waals surface area contributed by atoms with Crippen LogP contribution in [0.5, 0.6) is 0 Å². The van der Waals surface area contributed by atoms with Gasteiger partial charge < -0.3 is 5.73 Å². The van der Waals surface area contributed by atoms with Gasteiger partial charge in [-0.1, -0.05) is 0 Å². The first-order chi connectivity index (χ1) is 6.79. The molecule has 0 amide bonds. The molecule has 0 unspecified atom stereocenters. The van der Waals surface area contributed by atoms with Gasteiger partial charge in [0.05, 0.1) is 10.0 Å². The van der Waals surface area contributed by atoms with Crippen molar-refractivity contribution in [1.29, 1.82) is 0 Å². The monoisotopic (exact) mass is 225 g/mol. The van der Waals surface area contributed by atoms with Gasteiger partial charge in [-0.05, 0) is 13.5 Å². The lowest BCUT2D eigenvalue weighted by Gasteiger charge is -1.89. The molecule has 0 saturated carbocycles.